The Bertz CT molecular complexity index is 200. The number of hydrogen-bond donors (Lipinski definition) is 1. The lowest BCUT2D eigenvalue weighted by Crippen LogP contribution is -2.39. The quantitative estimate of drug-likeness (QED) is 0.518. The summed E-state index contributed by atoms with van der Waals surface area (Å²) in [4.78, 5) is 2.43. The largest absolute Gasteiger partial charge is 0.380 e. The van der Waals surface area contributed by atoms with E-state index in [1.165, 1.54) is 12.8 Å². The Labute approximate surface area is 118 Å². The van der Waals surface area contributed by atoms with Crippen LogP contribution in [0.25, 0.3) is 0 Å². The molecule has 0 bridgehead atoms. The van der Waals surface area contributed by atoms with Gasteiger partial charge in [-0.2, -0.15) is 0 Å². The summed E-state index contributed by atoms with van der Waals surface area (Å²) >= 11 is 0. The topological polar surface area (TPSA) is 33.7 Å². The van der Waals surface area contributed by atoms with Gasteiger partial charge in [-0.25, -0.2) is 0 Å². The fourth-order valence-electron chi connectivity index (χ4n) is 2.22. The first kappa shape index (κ1) is 16.9. The van der Waals surface area contributed by atoms with E-state index in [9.17, 15) is 0 Å². The monoisotopic (exact) mass is 272 g/mol. The van der Waals surface area contributed by atoms with Crippen molar-refractivity contribution in [2.45, 2.75) is 39.7 Å². The highest BCUT2D eigenvalue weighted by Crippen LogP contribution is 2.32. The van der Waals surface area contributed by atoms with Gasteiger partial charge in [0.25, 0.3) is 0 Å². The maximum absolute atomic E-state index is 5.44. The Balaban J connectivity index is 2.10. The zero-order chi connectivity index (χ0) is 13.9. The third-order valence-corrected chi connectivity index (χ3v) is 3.74. The molecule has 0 aromatic carbocycles. The molecule has 0 aromatic rings. The van der Waals surface area contributed by atoms with Crippen molar-refractivity contribution in [2.75, 3.05) is 52.6 Å². The van der Waals surface area contributed by atoms with E-state index in [0.717, 1.165) is 58.5 Å². The van der Waals surface area contributed by atoms with Crippen LogP contribution in [-0.2, 0) is 9.47 Å². The Kier molecular flexibility index (Phi) is 9.43. The van der Waals surface area contributed by atoms with Crippen molar-refractivity contribution in [1.82, 2.24) is 10.2 Å². The van der Waals surface area contributed by atoms with E-state index in [-0.39, 0.29) is 0 Å². The van der Waals surface area contributed by atoms with Gasteiger partial charge in [0.15, 0.2) is 0 Å². The molecule has 0 saturated heterocycles. The summed E-state index contributed by atoms with van der Waals surface area (Å²) in [5, 5.41) is 3.63. The average Bonchev–Trinajstić information content (AvgIpc) is 3.23. The Hall–Kier alpha value is -0.160. The summed E-state index contributed by atoms with van der Waals surface area (Å²) in [5.74, 6) is 0.931. The molecule has 1 N–H and O–H groups in total. The fourth-order valence-corrected chi connectivity index (χ4v) is 2.22. The van der Waals surface area contributed by atoms with Gasteiger partial charge in [-0.1, -0.05) is 0 Å². The Morgan fingerprint density at radius 3 is 2.11 bits per heavy atom. The molecule has 114 valence electrons. The van der Waals surface area contributed by atoms with Crippen LogP contribution in [0.4, 0.5) is 0 Å². The van der Waals surface area contributed by atoms with Crippen molar-refractivity contribution in [1.29, 1.82) is 0 Å². The first-order valence-corrected chi connectivity index (χ1v) is 7.89. The second kappa shape index (κ2) is 10.6. The summed E-state index contributed by atoms with van der Waals surface area (Å²) in [7, 11) is 0. The second-order valence-electron chi connectivity index (χ2n) is 5.32. The molecule has 1 rings (SSSR count). The lowest BCUT2D eigenvalue weighted by atomic mass is 10.2. The minimum absolute atomic E-state index is 0.681. The molecule has 0 heterocycles. The van der Waals surface area contributed by atoms with Gasteiger partial charge in [0.1, 0.15) is 0 Å². The molecule has 1 atom stereocenters. The molecule has 0 aliphatic heterocycles. The zero-order valence-electron chi connectivity index (χ0n) is 13.0. The minimum Gasteiger partial charge on any atom is -0.380 e. The van der Waals surface area contributed by atoms with Crippen molar-refractivity contribution < 1.29 is 9.47 Å². The molecule has 0 aromatic heterocycles. The average molecular weight is 272 g/mol. The van der Waals surface area contributed by atoms with E-state index in [0.29, 0.717) is 6.04 Å². The van der Waals surface area contributed by atoms with Crippen LogP contribution in [0.1, 0.15) is 33.6 Å². The molecule has 0 spiro atoms. The summed E-state index contributed by atoms with van der Waals surface area (Å²) in [5.41, 5.74) is 0. The molecule has 1 aliphatic rings. The predicted octanol–water partition coefficient (Wildman–Crippen LogP) is 1.75. The molecule has 1 aliphatic carbocycles. The number of nitrogens with zero attached hydrogens (tertiary/aromatic N) is 1. The predicted molar refractivity (Wildman–Crippen MR) is 79.6 cm³/mol. The maximum Gasteiger partial charge on any atom is 0.0593 e. The van der Waals surface area contributed by atoms with Gasteiger partial charge in [0, 0.05) is 45.4 Å². The molecule has 0 radical (unpaired) electrons. The van der Waals surface area contributed by atoms with E-state index in [2.05, 4.69) is 17.1 Å². The van der Waals surface area contributed by atoms with Crippen molar-refractivity contribution in [3.63, 3.8) is 0 Å². The molecular formula is C15H32N2O2. The summed E-state index contributed by atoms with van der Waals surface area (Å²) in [6.07, 6.45) is 2.82. The zero-order valence-corrected chi connectivity index (χ0v) is 13.0. The summed E-state index contributed by atoms with van der Waals surface area (Å²) < 4.78 is 10.9. The molecular weight excluding hydrogens is 240 g/mol. The highest BCUT2D eigenvalue weighted by Gasteiger charge is 2.27. The molecule has 1 saturated carbocycles. The molecule has 19 heavy (non-hydrogen) atoms. The van der Waals surface area contributed by atoms with Gasteiger partial charge in [0.2, 0.25) is 0 Å². The van der Waals surface area contributed by atoms with Gasteiger partial charge in [-0.15, -0.1) is 0 Å². The SMILES string of the molecule is CCOCCN(CCNC(C)C1CC1)CCOCC. The van der Waals surface area contributed by atoms with Crippen LogP contribution in [0.15, 0.2) is 0 Å². The number of hydrogen-bond acceptors (Lipinski definition) is 4. The number of rotatable bonds is 13. The normalized spacial score (nSPS) is 17.1. The Morgan fingerprint density at radius 2 is 1.63 bits per heavy atom. The van der Waals surface area contributed by atoms with Gasteiger partial charge in [-0.05, 0) is 39.5 Å². The van der Waals surface area contributed by atoms with Crippen LogP contribution in [0.5, 0.6) is 0 Å². The lowest BCUT2D eigenvalue weighted by molar-refractivity contribution is 0.0829. The smallest absolute Gasteiger partial charge is 0.0593 e. The standard InChI is InChI=1S/C15H32N2O2/c1-4-18-12-10-17(11-13-19-5-2)9-8-16-14(3)15-6-7-15/h14-16H,4-13H2,1-3H3. The first-order chi connectivity index (χ1) is 9.27. The van der Waals surface area contributed by atoms with Crippen molar-refractivity contribution in [3.05, 3.63) is 0 Å². The summed E-state index contributed by atoms with van der Waals surface area (Å²) in [6, 6.07) is 0.681. The highest BCUT2D eigenvalue weighted by molar-refractivity contribution is 4.83. The molecule has 1 fully saturated rings. The van der Waals surface area contributed by atoms with Crippen LogP contribution < -0.4 is 5.32 Å². The molecule has 4 heteroatoms. The minimum atomic E-state index is 0.681. The lowest BCUT2D eigenvalue weighted by Gasteiger charge is -2.23. The van der Waals surface area contributed by atoms with E-state index >= 15 is 0 Å². The van der Waals surface area contributed by atoms with E-state index in [1.54, 1.807) is 0 Å². The maximum atomic E-state index is 5.44. The van der Waals surface area contributed by atoms with Crippen LogP contribution in [0, 0.1) is 5.92 Å². The van der Waals surface area contributed by atoms with Crippen LogP contribution in [-0.4, -0.2) is 63.5 Å². The Morgan fingerprint density at radius 1 is 1.05 bits per heavy atom. The third-order valence-electron chi connectivity index (χ3n) is 3.74. The van der Waals surface area contributed by atoms with Gasteiger partial charge in [-0.3, -0.25) is 4.90 Å². The highest BCUT2D eigenvalue weighted by atomic mass is 16.5. The molecule has 0 amide bonds. The first-order valence-electron chi connectivity index (χ1n) is 7.89. The number of nitrogens with one attached hydrogen (secondary N) is 1. The van der Waals surface area contributed by atoms with Gasteiger partial charge >= 0.3 is 0 Å². The van der Waals surface area contributed by atoms with Gasteiger partial charge in [0.05, 0.1) is 13.2 Å². The fraction of sp³-hybridized carbons (Fsp3) is 1.00. The molecule has 1 unspecified atom stereocenters. The van der Waals surface area contributed by atoms with E-state index < -0.39 is 0 Å². The van der Waals surface area contributed by atoms with Crippen LogP contribution >= 0.6 is 0 Å². The van der Waals surface area contributed by atoms with Crippen molar-refractivity contribution in [3.8, 4) is 0 Å². The number of ether oxygens (including phenoxy) is 2. The summed E-state index contributed by atoms with van der Waals surface area (Å²) in [6.45, 7) is 13.8. The van der Waals surface area contributed by atoms with E-state index in [4.69, 9.17) is 9.47 Å². The molecule has 4 nitrogen and oxygen atoms in total. The third kappa shape index (κ3) is 8.58. The van der Waals surface area contributed by atoms with Crippen LogP contribution in [0.3, 0.4) is 0 Å². The van der Waals surface area contributed by atoms with Crippen molar-refractivity contribution >= 4 is 0 Å². The van der Waals surface area contributed by atoms with Gasteiger partial charge < -0.3 is 14.8 Å². The van der Waals surface area contributed by atoms with E-state index in [1.807, 2.05) is 13.8 Å². The second-order valence-corrected chi connectivity index (χ2v) is 5.32. The van der Waals surface area contributed by atoms with Crippen LogP contribution in [0.2, 0.25) is 0 Å². The van der Waals surface area contributed by atoms with Crippen molar-refractivity contribution in [2.24, 2.45) is 5.92 Å².